The number of carboxylic acid groups (broad SMARTS) is 1. The Labute approximate surface area is 103 Å². The zero-order valence-electron chi connectivity index (χ0n) is 9.74. The van der Waals surface area contributed by atoms with Crippen LogP contribution in [0.2, 0.25) is 0 Å². The van der Waals surface area contributed by atoms with E-state index < -0.39 is 11.8 Å². The van der Waals surface area contributed by atoms with Crippen molar-refractivity contribution in [3.05, 3.63) is 29.3 Å². The number of carbonyl (C=O) groups is 1. The molecule has 94 valence electrons. The van der Waals surface area contributed by atoms with Crippen molar-refractivity contribution in [3.8, 4) is 0 Å². The number of carboxylic acids is 1. The van der Waals surface area contributed by atoms with Crippen molar-refractivity contribution in [2.75, 3.05) is 0 Å². The van der Waals surface area contributed by atoms with Gasteiger partial charge in [-0.25, -0.2) is 14.2 Å². The Morgan fingerprint density at radius 3 is 2.78 bits per heavy atom. The molecule has 2 N–H and O–H groups in total. The third-order valence-corrected chi connectivity index (χ3v) is 3.54. The maximum Gasteiger partial charge on any atom is 0.338 e. The molecule has 3 rings (SSSR count). The van der Waals surface area contributed by atoms with E-state index in [1.165, 1.54) is 18.9 Å². The Morgan fingerprint density at radius 2 is 2.11 bits per heavy atom. The van der Waals surface area contributed by atoms with E-state index >= 15 is 0 Å². The summed E-state index contributed by atoms with van der Waals surface area (Å²) >= 11 is 0. The van der Waals surface area contributed by atoms with Crippen molar-refractivity contribution < 1.29 is 14.3 Å². The van der Waals surface area contributed by atoms with Crippen LogP contribution in [-0.2, 0) is 0 Å². The third kappa shape index (κ3) is 1.75. The SMILES string of the molecule is O=C(O)c1cc(F)cc2[nH]c(C3CCCC3)nc12. The van der Waals surface area contributed by atoms with Crippen LogP contribution in [0, 0.1) is 5.82 Å². The van der Waals surface area contributed by atoms with Gasteiger partial charge in [-0.2, -0.15) is 0 Å². The van der Waals surface area contributed by atoms with Crippen molar-refractivity contribution in [2.24, 2.45) is 0 Å². The number of hydrogen-bond acceptors (Lipinski definition) is 2. The summed E-state index contributed by atoms with van der Waals surface area (Å²) < 4.78 is 13.3. The molecule has 4 nitrogen and oxygen atoms in total. The van der Waals surface area contributed by atoms with Gasteiger partial charge in [0.05, 0.1) is 11.1 Å². The smallest absolute Gasteiger partial charge is 0.338 e. The molecule has 0 aliphatic heterocycles. The number of fused-ring (bicyclic) bond motifs is 1. The quantitative estimate of drug-likeness (QED) is 0.858. The molecule has 18 heavy (non-hydrogen) atoms. The summed E-state index contributed by atoms with van der Waals surface area (Å²) in [6, 6.07) is 2.32. The highest BCUT2D eigenvalue weighted by molar-refractivity contribution is 6.01. The number of H-pyrrole nitrogens is 1. The standard InChI is InChI=1S/C13H13FN2O2/c14-8-5-9(13(17)18)11-10(6-8)15-12(16-11)7-3-1-2-4-7/h5-7H,1-4H2,(H,15,16)(H,17,18). The molecule has 1 heterocycles. The molecule has 0 radical (unpaired) electrons. The van der Waals surface area contributed by atoms with Crippen molar-refractivity contribution in [2.45, 2.75) is 31.6 Å². The molecular formula is C13H13FN2O2. The first-order valence-electron chi connectivity index (χ1n) is 6.07. The van der Waals surface area contributed by atoms with Crippen LogP contribution in [0.3, 0.4) is 0 Å². The molecule has 1 aromatic heterocycles. The van der Waals surface area contributed by atoms with Crippen LogP contribution >= 0.6 is 0 Å². The van der Waals surface area contributed by atoms with E-state index in [1.807, 2.05) is 0 Å². The Kier molecular flexibility index (Phi) is 2.54. The largest absolute Gasteiger partial charge is 0.478 e. The zero-order chi connectivity index (χ0) is 12.7. The normalized spacial score (nSPS) is 16.5. The maximum absolute atomic E-state index is 13.3. The molecular weight excluding hydrogens is 235 g/mol. The topological polar surface area (TPSA) is 66.0 Å². The van der Waals surface area contributed by atoms with E-state index in [0.29, 0.717) is 17.0 Å². The van der Waals surface area contributed by atoms with Crippen LogP contribution in [0.15, 0.2) is 12.1 Å². The minimum atomic E-state index is -1.15. The van der Waals surface area contributed by atoms with Crippen LogP contribution in [0.5, 0.6) is 0 Å². The molecule has 1 fully saturated rings. The Balaban J connectivity index is 2.15. The summed E-state index contributed by atoms with van der Waals surface area (Å²) in [7, 11) is 0. The average molecular weight is 248 g/mol. The van der Waals surface area contributed by atoms with Crippen molar-refractivity contribution in [1.29, 1.82) is 0 Å². The van der Waals surface area contributed by atoms with Gasteiger partial charge in [0, 0.05) is 5.92 Å². The molecule has 0 saturated heterocycles. The zero-order valence-corrected chi connectivity index (χ0v) is 9.74. The Morgan fingerprint density at radius 1 is 1.39 bits per heavy atom. The molecule has 0 atom stereocenters. The number of benzene rings is 1. The van der Waals surface area contributed by atoms with Gasteiger partial charge < -0.3 is 10.1 Å². The van der Waals surface area contributed by atoms with Gasteiger partial charge in [-0.3, -0.25) is 0 Å². The van der Waals surface area contributed by atoms with Gasteiger partial charge in [-0.15, -0.1) is 0 Å². The van der Waals surface area contributed by atoms with Crippen molar-refractivity contribution in [1.82, 2.24) is 9.97 Å². The highest BCUT2D eigenvalue weighted by atomic mass is 19.1. The molecule has 1 saturated carbocycles. The number of imidazole rings is 1. The lowest BCUT2D eigenvalue weighted by atomic mass is 10.1. The fourth-order valence-corrected chi connectivity index (χ4v) is 2.66. The maximum atomic E-state index is 13.3. The first-order chi connectivity index (χ1) is 8.65. The summed E-state index contributed by atoms with van der Waals surface area (Å²) in [4.78, 5) is 18.5. The molecule has 0 amide bonds. The fourth-order valence-electron chi connectivity index (χ4n) is 2.66. The van der Waals surface area contributed by atoms with Crippen molar-refractivity contribution >= 4 is 17.0 Å². The predicted octanol–water partition coefficient (Wildman–Crippen LogP) is 3.06. The predicted molar refractivity (Wildman–Crippen MR) is 64.2 cm³/mol. The van der Waals surface area contributed by atoms with Gasteiger partial charge in [-0.05, 0) is 25.0 Å². The van der Waals surface area contributed by atoms with E-state index in [1.54, 1.807) is 0 Å². The summed E-state index contributed by atoms with van der Waals surface area (Å²) in [5, 5.41) is 9.06. The number of rotatable bonds is 2. The summed E-state index contributed by atoms with van der Waals surface area (Å²) in [6.07, 6.45) is 4.46. The molecule has 0 spiro atoms. The lowest BCUT2D eigenvalue weighted by molar-refractivity contribution is 0.0698. The molecule has 0 bridgehead atoms. The molecule has 0 unspecified atom stereocenters. The first kappa shape index (κ1) is 11.2. The van der Waals surface area contributed by atoms with E-state index in [4.69, 9.17) is 5.11 Å². The number of aromatic nitrogens is 2. The third-order valence-electron chi connectivity index (χ3n) is 3.54. The van der Waals surface area contributed by atoms with Crippen LogP contribution in [0.1, 0.15) is 47.8 Å². The number of halogens is 1. The highest BCUT2D eigenvalue weighted by Gasteiger charge is 2.22. The number of aromatic carboxylic acids is 1. The van der Waals surface area contributed by atoms with Gasteiger partial charge >= 0.3 is 5.97 Å². The number of aromatic amines is 1. The van der Waals surface area contributed by atoms with Gasteiger partial charge in [0.2, 0.25) is 0 Å². The summed E-state index contributed by atoms with van der Waals surface area (Å²) in [5.41, 5.74) is 0.741. The van der Waals surface area contributed by atoms with Gasteiger partial charge in [0.15, 0.2) is 0 Å². The highest BCUT2D eigenvalue weighted by Crippen LogP contribution is 2.33. The lowest BCUT2D eigenvalue weighted by Crippen LogP contribution is -1.99. The minimum absolute atomic E-state index is 0.0782. The van der Waals surface area contributed by atoms with E-state index in [-0.39, 0.29) is 5.56 Å². The van der Waals surface area contributed by atoms with E-state index in [0.717, 1.165) is 24.7 Å². The molecule has 2 aromatic rings. The average Bonchev–Trinajstić information content (AvgIpc) is 2.95. The van der Waals surface area contributed by atoms with Gasteiger partial charge in [-0.1, -0.05) is 12.8 Å². The molecule has 1 aliphatic carbocycles. The molecule has 1 aliphatic rings. The molecule has 1 aromatic carbocycles. The summed E-state index contributed by atoms with van der Waals surface area (Å²) in [6.45, 7) is 0. The van der Waals surface area contributed by atoms with E-state index in [9.17, 15) is 9.18 Å². The number of nitrogens with zero attached hydrogens (tertiary/aromatic N) is 1. The first-order valence-corrected chi connectivity index (χ1v) is 6.07. The van der Waals surface area contributed by atoms with E-state index in [2.05, 4.69) is 9.97 Å². The van der Waals surface area contributed by atoms with Crippen LogP contribution in [-0.4, -0.2) is 21.0 Å². The fraction of sp³-hybridized carbons (Fsp3) is 0.385. The van der Waals surface area contributed by atoms with Gasteiger partial charge in [0.25, 0.3) is 0 Å². The monoisotopic (exact) mass is 248 g/mol. The molecule has 5 heteroatoms. The number of nitrogens with one attached hydrogen (secondary N) is 1. The van der Waals surface area contributed by atoms with Crippen molar-refractivity contribution in [3.63, 3.8) is 0 Å². The Hall–Kier alpha value is -1.91. The lowest BCUT2D eigenvalue weighted by Gasteiger charge is -2.02. The summed E-state index contributed by atoms with van der Waals surface area (Å²) in [5.74, 6) is -0.566. The number of hydrogen-bond donors (Lipinski definition) is 2. The second-order valence-electron chi connectivity index (χ2n) is 4.76. The van der Waals surface area contributed by atoms with Crippen LogP contribution < -0.4 is 0 Å². The van der Waals surface area contributed by atoms with Gasteiger partial charge in [0.1, 0.15) is 17.2 Å². The van der Waals surface area contributed by atoms with Crippen LogP contribution in [0.25, 0.3) is 11.0 Å². The Bertz CT molecular complexity index is 615. The van der Waals surface area contributed by atoms with Crippen LogP contribution in [0.4, 0.5) is 4.39 Å². The second kappa shape index (κ2) is 4.08. The minimum Gasteiger partial charge on any atom is -0.478 e. The second-order valence-corrected chi connectivity index (χ2v) is 4.76.